The Kier molecular flexibility index (Phi) is 6.49. The van der Waals surface area contributed by atoms with Gasteiger partial charge in [-0.1, -0.05) is 26.0 Å². The van der Waals surface area contributed by atoms with Crippen molar-refractivity contribution in [1.29, 1.82) is 0 Å². The second-order valence-electron chi connectivity index (χ2n) is 11.4. The van der Waals surface area contributed by atoms with Crippen molar-refractivity contribution in [1.82, 2.24) is 19.9 Å². The molecule has 8 bridgehead atoms. The van der Waals surface area contributed by atoms with E-state index in [2.05, 4.69) is 95.7 Å². The van der Waals surface area contributed by atoms with Crippen molar-refractivity contribution < 1.29 is 0 Å². The molecule has 5 nitrogen and oxygen atoms in total. The zero-order valence-electron chi connectivity index (χ0n) is 25.4. The average Bonchev–Trinajstić information content (AvgIpc) is 3.60. The van der Waals surface area contributed by atoms with Crippen LogP contribution >= 0.6 is 0 Å². The predicted octanol–water partition coefficient (Wildman–Crippen LogP) is 9.21. The highest BCUT2D eigenvalue weighted by Gasteiger charge is 2.24. The minimum absolute atomic E-state index is 0.739. The van der Waals surface area contributed by atoms with Crippen molar-refractivity contribution in [2.24, 2.45) is 0 Å². The molecule has 6 rings (SSSR count). The molecule has 208 valence electrons. The predicted molar refractivity (Wildman–Crippen MR) is 175 cm³/mol. The summed E-state index contributed by atoms with van der Waals surface area (Å²) in [4.78, 5) is 18.1. The van der Waals surface area contributed by atoms with Gasteiger partial charge in [0.2, 0.25) is 0 Å². The maximum absolute atomic E-state index is 6.10. The Bertz CT molecular complexity index is 1840. The van der Waals surface area contributed by atoms with Crippen LogP contribution in [0.15, 0.2) is 42.5 Å². The summed E-state index contributed by atoms with van der Waals surface area (Å²) in [7, 11) is 0. The van der Waals surface area contributed by atoms with Gasteiger partial charge in [0.05, 0.1) is 22.8 Å². The van der Waals surface area contributed by atoms with Crippen molar-refractivity contribution in [3.8, 4) is 11.1 Å². The SMILES string of the molecule is CCc1c(C)c2cc3nc(c(-c4ccc(N)cc4)c4nc(cc5[nH]c(cc1[nH]2)c(CC)c5C)C(C)=C4C)C(C)=C3C. The van der Waals surface area contributed by atoms with Crippen LogP contribution in [-0.2, 0) is 12.8 Å². The lowest BCUT2D eigenvalue weighted by atomic mass is 9.94. The van der Waals surface area contributed by atoms with E-state index in [1.807, 2.05) is 12.1 Å². The normalized spacial score (nSPS) is 13.5. The Hall–Kier alpha value is -4.38. The van der Waals surface area contributed by atoms with Gasteiger partial charge < -0.3 is 15.7 Å². The Labute approximate surface area is 242 Å². The molecule has 5 heteroatoms. The molecule has 0 aliphatic carbocycles. The number of fused-ring (bicyclic) bond motifs is 8. The lowest BCUT2D eigenvalue weighted by Gasteiger charge is -2.10. The Morgan fingerprint density at radius 3 is 1.44 bits per heavy atom. The number of nitrogen functional groups attached to an aromatic ring is 1. The molecule has 0 saturated heterocycles. The third kappa shape index (κ3) is 4.22. The number of nitrogens with zero attached hydrogens (tertiary/aromatic N) is 2. The standard InChI is InChI=1S/C36H39N5/c1-9-26-22(7)30-15-28-18(3)20(5)35(40-28)34(24-11-13-25(37)14-12-24)36-21(6)19(4)29(41-36)16-31-23(8)27(10-2)33(39-31)17-32(26)38-30/h11-17,38-39H,9-10,37H2,1-8H3. The van der Waals surface area contributed by atoms with E-state index < -0.39 is 0 Å². The Morgan fingerprint density at radius 2 is 1.02 bits per heavy atom. The quantitative estimate of drug-likeness (QED) is 0.226. The number of benzene rings is 1. The fourth-order valence-electron chi connectivity index (χ4n) is 6.34. The van der Waals surface area contributed by atoms with E-state index in [1.54, 1.807) is 0 Å². The highest BCUT2D eigenvalue weighted by Crippen LogP contribution is 2.42. The van der Waals surface area contributed by atoms with Crippen LogP contribution in [0.4, 0.5) is 5.69 Å². The van der Waals surface area contributed by atoms with Crippen molar-refractivity contribution in [2.45, 2.75) is 68.2 Å². The molecule has 0 atom stereocenters. The second kappa shape index (κ2) is 9.91. The molecule has 1 aromatic carbocycles. The van der Waals surface area contributed by atoms with Crippen LogP contribution in [0.3, 0.4) is 0 Å². The summed E-state index contributed by atoms with van der Waals surface area (Å²) in [6.07, 6.45) is 1.90. The molecule has 0 spiro atoms. The smallest absolute Gasteiger partial charge is 0.0769 e. The van der Waals surface area contributed by atoms with E-state index in [-0.39, 0.29) is 0 Å². The third-order valence-electron chi connectivity index (χ3n) is 9.20. The number of anilines is 1. The first-order chi connectivity index (χ1) is 19.6. The first kappa shape index (κ1) is 26.8. The van der Waals surface area contributed by atoms with Crippen LogP contribution in [-0.4, -0.2) is 19.9 Å². The highest BCUT2D eigenvalue weighted by atomic mass is 14.8. The van der Waals surface area contributed by atoms with Gasteiger partial charge in [-0.25, -0.2) is 9.97 Å². The van der Waals surface area contributed by atoms with Gasteiger partial charge in [0.15, 0.2) is 0 Å². The molecular weight excluding hydrogens is 502 g/mol. The lowest BCUT2D eigenvalue weighted by Crippen LogP contribution is -1.93. The average molecular weight is 542 g/mol. The summed E-state index contributed by atoms with van der Waals surface area (Å²) in [5.41, 5.74) is 27.3. The maximum atomic E-state index is 6.10. The number of nitrogens with one attached hydrogen (secondary N) is 2. The molecule has 41 heavy (non-hydrogen) atoms. The van der Waals surface area contributed by atoms with Crippen molar-refractivity contribution in [2.75, 3.05) is 5.73 Å². The molecule has 0 radical (unpaired) electrons. The van der Waals surface area contributed by atoms with E-state index in [4.69, 9.17) is 15.7 Å². The summed E-state index contributed by atoms with van der Waals surface area (Å²) in [5, 5.41) is 0. The molecule has 5 heterocycles. The summed E-state index contributed by atoms with van der Waals surface area (Å²) < 4.78 is 0. The van der Waals surface area contributed by atoms with Gasteiger partial charge in [-0.05, 0) is 135 Å². The van der Waals surface area contributed by atoms with Crippen molar-refractivity contribution >= 4 is 50.0 Å². The monoisotopic (exact) mass is 541 g/mol. The molecule has 4 N–H and O–H groups in total. The van der Waals surface area contributed by atoms with Crippen LogP contribution in [0, 0.1) is 13.8 Å². The summed E-state index contributed by atoms with van der Waals surface area (Å²) >= 11 is 0. The molecule has 0 fully saturated rings. The molecule has 2 aliphatic heterocycles. The number of aryl methyl sites for hydroxylation is 4. The Balaban J connectivity index is 1.87. The number of allylic oxidation sites excluding steroid dienone is 4. The van der Waals surface area contributed by atoms with E-state index in [0.717, 1.165) is 74.5 Å². The summed E-state index contributed by atoms with van der Waals surface area (Å²) in [6.45, 7) is 17.6. The van der Waals surface area contributed by atoms with E-state index in [0.29, 0.717) is 0 Å². The molecule has 4 aromatic rings. The molecule has 2 aliphatic rings. The number of rotatable bonds is 3. The van der Waals surface area contributed by atoms with Gasteiger partial charge in [-0.15, -0.1) is 0 Å². The number of nitrogens with two attached hydrogens (primary N) is 1. The summed E-state index contributed by atoms with van der Waals surface area (Å²) in [5.74, 6) is 0. The minimum Gasteiger partial charge on any atom is -0.399 e. The van der Waals surface area contributed by atoms with Gasteiger partial charge in [0.1, 0.15) is 0 Å². The summed E-state index contributed by atoms with van der Waals surface area (Å²) in [6, 6.07) is 14.8. The fraction of sp³-hybridized carbons (Fsp3) is 0.278. The van der Waals surface area contributed by atoms with Crippen LogP contribution < -0.4 is 5.73 Å². The molecule has 0 amide bonds. The van der Waals surface area contributed by atoms with Crippen molar-refractivity contribution in [3.05, 3.63) is 87.5 Å². The fourth-order valence-corrected chi connectivity index (χ4v) is 6.34. The van der Waals surface area contributed by atoms with Gasteiger partial charge in [0, 0.05) is 33.3 Å². The van der Waals surface area contributed by atoms with Crippen molar-refractivity contribution in [3.63, 3.8) is 0 Å². The first-order valence-electron chi connectivity index (χ1n) is 14.6. The van der Waals surface area contributed by atoms with Crippen LogP contribution in [0.1, 0.15) is 86.6 Å². The first-order valence-corrected chi connectivity index (χ1v) is 14.6. The van der Waals surface area contributed by atoms with Gasteiger partial charge >= 0.3 is 0 Å². The van der Waals surface area contributed by atoms with Crippen LogP contribution in [0.5, 0.6) is 0 Å². The van der Waals surface area contributed by atoms with E-state index >= 15 is 0 Å². The highest BCUT2D eigenvalue weighted by molar-refractivity contribution is 6.01. The third-order valence-corrected chi connectivity index (χ3v) is 9.20. The molecular formula is C36H39N5. The van der Waals surface area contributed by atoms with Gasteiger partial charge in [-0.2, -0.15) is 0 Å². The van der Waals surface area contributed by atoms with Gasteiger partial charge in [0.25, 0.3) is 0 Å². The number of aromatic nitrogens is 4. The number of aromatic amines is 2. The van der Waals surface area contributed by atoms with Gasteiger partial charge in [-0.3, -0.25) is 0 Å². The largest absolute Gasteiger partial charge is 0.399 e. The zero-order chi connectivity index (χ0) is 29.2. The molecule has 0 saturated carbocycles. The molecule has 0 unspecified atom stereocenters. The van der Waals surface area contributed by atoms with Crippen LogP contribution in [0.25, 0.3) is 55.5 Å². The maximum Gasteiger partial charge on any atom is 0.0769 e. The number of hydrogen-bond donors (Lipinski definition) is 3. The number of H-pyrrole nitrogens is 2. The van der Waals surface area contributed by atoms with Crippen LogP contribution in [0.2, 0.25) is 0 Å². The second-order valence-corrected chi connectivity index (χ2v) is 11.4. The number of hydrogen-bond acceptors (Lipinski definition) is 3. The minimum atomic E-state index is 0.739. The van der Waals surface area contributed by atoms with E-state index in [9.17, 15) is 0 Å². The topological polar surface area (TPSA) is 83.4 Å². The molecule has 3 aromatic heterocycles. The van der Waals surface area contributed by atoms with E-state index in [1.165, 1.54) is 44.5 Å². The lowest BCUT2D eigenvalue weighted by molar-refractivity contribution is 1.14. The Morgan fingerprint density at radius 1 is 0.585 bits per heavy atom. The zero-order valence-corrected chi connectivity index (χ0v) is 25.4.